The van der Waals surface area contributed by atoms with Gasteiger partial charge in [0, 0.05) is 18.9 Å². The first-order valence-corrected chi connectivity index (χ1v) is 6.62. The predicted octanol–water partition coefficient (Wildman–Crippen LogP) is 2.86. The molecular formula is C14H17F3N4. The summed E-state index contributed by atoms with van der Waals surface area (Å²) >= 11 is 0. The summed E-state index contributed by atoms with van der Waals surface area (Å²) in [6, 6.07) is 4.57. The Morgan fingerprint density at radius 2 is 2.05 bits per heavy atom. The van der Waals surface area contributed by atoms with E-state index in [0.717, 1.165) is 12.5 Å². The summed E-state index contributed by atoms with van der Waals surface area (Å²) in [5, 5.41) is 0. The van der Waals surface area contributed by atoms with Gasteiger partial charge in [-0.15, -0.1) is 0 Å². The lowest BCUT2D eigenvalue weighted by Gasteiger charge is -2.21. The molecule has 0 bridgehead atoms. The van der Waals surface area contributed by atoms with Gasteiger partial charge in [-0.05, 0) is 18.1 Å². The lowest BCUT2D eigenvalue weighted by Crippen LogP contribution is -2.32. The van der Waals surface area contributed by atoms with E-state index in [1.165, 1.54) is 12.1 Å². The van der Waals surface area contributed by atoms with Crippen molar-refractivity contribution < 1.29 is 13.2 Å². The second kappa shape index (κ2) is 6.28. The zero-order chi connectivity index (χ0) is 15.5. The van der Waals surface area contributed by atoms with Crippen LogP contribution in [0.4, 0.5) is 13.2 Å². The zero-order valence-electron chi connectivity index (χ0n) is 11.6. The van der Waals surface area contributed by atoms with E-state index in [4.69, 9.17) is 5.84 Å². The molecule has 7 heteroatoms. The van der Waals surface area contributed by atoms with E-state index < -0.39 is 17.8 Å². The van der Waals surface area contributed by atoms with Gasteiger partial charge in [0.15, 0.2) is 0 Å². The largest absolute Gasteiger partial charge is 0.416 e. The monoisotopic (exact) mass is 298 g/mol. The number of hydrogen-bond acceptors (Lipinski definition) is 3. The normalized spacial score (nSPS) is 13.4. The number of nitrogens with two attached hydrogens (primary N) is 1. The van der Waals surface area contributed by atoms with E-state index in [9.17, 15) is 13.2 Å². The number of imidazole rings is 1. The Kier molecular flexibility index (Phi) is 4.64. The van der Waals surface area contributed by atoms with Crippen LogP contribution in [-0.4, -0.2) is 9.55 Å². The summed E-state index contributed by atoms with van der Waals surface area (Å²) in [5.74, 6) is 5.97. The Bertz CT molecular complexity index is 592. The maximum Gasteiger partial charge on any atom is 0.416 e. The summed E-state index contributed by atoms with van der Waals surface area (Å²) in [6.07, 6.45) is -0.291. The molecule has 1 aromatic carbocycles. The number of aromatic nitrogens is 2. The van der Waals surface area contributed by atoms with Crippen molar-refractivity contribution in [2.24, 2.45) is 5.84 Å². The topological polar surface area (TPSA) is 55.9 Å². The molecule has 0 amide bonds. The summed E-state index contributed by atoms with van der Waals surface area (Å²) in [5.41, 5.74) is 1.81. The Hall–Kier alpha value is -1.86. The maximum absolute atomic E-state index is 13.1. The van der Waals surface area contributed by atoms with Crippen LogP contribution in [0.1, 0.15) is 36.3 Å². The molecule has 1 unspecified atom stereocenters. The van der Waals surface area contributed by atoms with Gasteiger partial charge in [0.1, 0.15) is 11.9 Å². The highest BCUT2D eigenvalue weighted by molar-refractivity contribution is 5.35. The first-order chi connectivity index (χ1) is 9.99. The fourth-order valence-corrected chi connectivity index (χ4v) is 2.32. The molecule has 0 aliphatic carbocycles. The SMILES string of the molecule is CCCn1ccnc1C(NN)c1ccccc1C(F)(F)F. The average Bonchev–Trinajstić information content (AvgIpc) is 2.88. The van der Waals surface area contributed by atoms with Gasteiger partial charge < -0.3 is 4.57 Å². The van der Waals surface area contributed by atoms with Crippen LogP contribution in [-0.2, 0) is 12.7 Å². The van der Waals surface area contributed by atoms with Crippen LogP contribution >= 0.6 is 0 Å². The van der Waals surface area contributed by atoms with Crippen molar-refractivity contribution in [1.82, 2.24) is 15.0 Å². The van der Waals surface area contributed by atoms with Crippen LogP contribution in [0.5, 0.6) is 0 Å². The van der Waals surface area contributed by atoms with E-state index in [-0.39, 0.29) is 5.56 Å². The third-order valence-electron chi connectivity index (χ3n) is 3.21. The Labute approximate surface area is 120 Å². The first kappa shape index (κ1) is 15.5. The molecule has 0 aliphatic rings. The zero-order valence-corrected chi connectivity index (χ0v) is 11.6. The minimum Gasteiger partial charge on any atom is -0.333 e. The quantitative estimate of drug-likeness (QED) is 0.659. The van der Waals surface area contributed by atoms with Crippen LogP contribution < -0.4 is 11.3 Å². The van der Waals surface area contributed by atoms with Crippen LogP contribution in [0.2, 0.25) is 0 Å². The number of halogens is 3. The molecule has 0 radical (unpaired) electrons. The third-order valence-corrected chi connectivity index (χ3v) is 3.21. The predicted molar refractivity (Wildman–Crippen MR) is 73.1 cm³/mol. The Balaban J connectivity index is 2.50. The average molecular weight is 298 g/mol. The third kappa shape index (κ3) is 3.25. The molecule has 2 rings (SSSR count). The molecule has 1 aromatic heterocycles. The van der Waals surface area contributed by atoms with E-state index in [1.54, 1.807) is 23.0 Å². The van der Waals surface area contributed by atoms with Crippen LogP contribution in [0.25, 0.3) is 0 Å². The van der Waals surface area contributed by atoms with Crippen LogP contribution in [0.3, 0.4) is 0 Å². The van der Waals surface area contributed by atoms with Crippen molar-refractivity contribution in [2.75, 3.05) is 0 Å². The second-order valence-electron chi connectivity index (χ2n) is 4.66. The molecule has 3 N–H and O–H groups in total. The number of rotatable bonds is 5. The minimum atomic E-state index is -4.44. The molecule has 0 aliphatic heterocycles. The van der Waals surface area contributed by atoms with Gasteiger partial charge in [-0.1, -0.05) is 25.1 Å². The van der Waals surface area contributed by atoms with Crippen molar-refractivity contribution >= 4 is 0 Å². The molecular weight excluding hydrogens is 281 g/mol. The number of benzene rings is 1. The van der Waals surface area contributed by atoms with Gasteiger partial charge in [-0.3, -0.25) is 5.84 Å². The summed E-state index contributed by atoms with van der Waals surface area (Å²) in [4.78, 5) is 4.16. The van der Waals surface area contributed by atoms with Gasteiger partial charge in [0.2, 0.25) is 0 Å². The second-order valence-corrected chi connectivity index (χ2v) is 4.66. The van der Waals surface area contributed by atoms with Gasteiger partial charge in [0.05, 0.1) is 5.56 Å². The first-order valence-electron chi connectivity index (χ1n) is 6.62. The molecule has 0 fully saturated rings. The summed E-state index contributed by atoms with van der Waals surface area (Å²) in [6.45, 7) is 2.65. The van der Waals surface area contributed by atoms with Gasteiger partial charge in [-0.2, -0.15) is 13.2 Å². The van der Waals surface area contributed by atoms with Gasteiger partial charge in [0.25, 0.3) is 0 Å². The molecule has 0 saturated heterocycles. The molecule has 4 nitrogen and oxygen atoms in total. The van der Waals surface area contributed by atoms with Gasteiger partial charge in [-0.25, -0.2) is 10.4 Å². The van der Waals surface area contributed by atoms with Crippen molar-refractivity contribution in [1.29, 1.82) is 0 Å². The lowest BCUT2D eigenvalue weighted by molar-refractivity contribution is -0.138. The molecule has 21 heavy (non-hydrogen) atoms. The van der Waals surface area contributed by atoms with E-state index >= 15 is 0 Å². The van der Waals surface area contributed by atoms with E-state index in [2.05, 4.69) is 10.4 Å². The summed E-state index contributed by atoms with van der Waals surface area (Å²) < 4.78 is 41.2. The molecule has 0 saturated carbocycles. The highest BCUT2D eigenvalue weighted by atomic mass is 19.4. The number of nitrogens with zero attached hydrogens (tertiary/aromatic N) is 2. The minimum absolute atomic E-state index is 0.0658. The standard InChI is InChI=1S/C14H17F3N4/c1-2-8-21-9-7-19-13(21)12(20-18)10-5-3-4-6-11(10)14(15,16)17/h3-7,9,12,20H,2,8,18H2,1H3. The van der Waals surface area contributed by atoms with E-state index in [1.807, 2.05) is 6.92 Å². The van der Waals surface area contributed by atoms with Crippen LogP contribution in [0.15, 0.2) is 36.7 Å². The molecule has 1 heterocycles. The molecule has 1 atom stereocenters. The molecule has 0 spiro atoms. The molecule has 114 valence electrons. The molecule has 2 aromatic rings. The Morgan fingerprint density at radius 1 is 1.33 bits per heavy atom. The van der Waals surface area contributed by atoms with Crippen molar-refractivity contribution in [2.45, 2.75) is 32.1 Å². The number of aryl methyl sites for hydroxylation is 1. The van der Waals surface area contributed by atoms with Crippen molar-refractivity contribution in [3.63, 3.8) is 0 Å². The summed E-state index contributed by atoms with van der Waals surface area (Å²) in [7, 11) is 0. The van der Waals surface area contributed by atoms with Crippen LogP contribution in [0, 0.1) is 0 Å². The van der Waals surface area contributed by atoms with Crippen molar-refractivity contribution in [3.05, 3.63) is 53.6 Å². The highest BCUT2D eigenvalue weighted by Gasteiger charge is 2.35. The lowest BCUT2D eigenvalue weighted by atomic mass is 9.99. The number of nitrogens with one attached hydrogen (secondary N) is 1. The smallest absolute Gasteiger partial charge is 0.333 e. The highest BCUT2D eigenvalue weighted by Crippen LogP contribution is 2.35. The Morgan fingerprint density at radius 3 is 2.67 bits per heavy atom. The fourth-order valence-electron chi connectivity index (χ4n) is 2.32. The number of alkyl halides is 3. The van der Waals surface area contributed by atoms with Gasteiger partial charge >= 0.3 is 6.18 Å². The van der Waals surface area contributed by atoms with Crippen molar-refractivity contribution in [3.8, 4) is 0 Å². The maximum atomic E-state index is 13.1. The number of hydrogen-bond donors (Lipinski definition) is 2. The van der Waals surface area contributed by atoms with E-state index in [0.29, 0.717) is 12.4 Å². The fraction of sp³-hybridized carbons (Fsp3) is 0.357. The number of hydrazine groups is 1.